The molecule has 0 aliphatic carbocycles. The fraction of sp³-hybridized carbons (Fsp3) is 0.0667. The second-order valence-electron chi connectivity index (χ2n) is 3.98. The van der Waals surface area contributed by atoms with Crippen LogP contribution in [0.1, 0.15) is 0 Å². The summed E-state index contributed by atoms with van der Waals surface area (Å²) in [6.07, 6.45) is 0. The fourth-order valence-corrected chi connectivity index (χ4v) is 3.28. The maximum Gasteiger partial charge on any atom is 0.180 e. The summed E-state index contributed by atoms with van der Waals surface area (Å²) in [7, 11) is 1.66. The van der Waals surface area contributed by atoms with Crippen LogP contribution in [0.5, 0.6) is 5.75 Å². The molecule has 0 aliphatic rings. The van der Waals surface area contributed by atoms with Gasteiger partial charge >= 0.3 is 0 Å². The van der Waals surface area contributed by atoms with Crippen LogP contribution in [0.25, 0.3) is 11.0 Å². The third-order valence-electron chi connectivity index (χ3n) is 2.78. The predicted molar refractivity (Wildman–Crippen MR) is 81.0 cm³/mol. The van der Waals surface area contributed by atoms with Gasteiger partial charge in [-0.25, -0.2) is 0 Å². The topological polar surface area (TPSA) is 22.4 Å². The molecule has 3 rings (SSSR count). The second-order valence-corrected chi connectivity index (χ2v) is 5.82. The molecule has 0 N–H and O–H groups in total. The molecule has 0 atom stereocenters. The largest absolute Gasteiger partial charge is 0.497 e. The van der Waals surface area contributed by atoms with Gasteiger partial charge in [0.15, 0.2) is 5.09 Å². The third kappa shape index (κ3) is 2.51. The molecule has 0 unspecified atom stereocenters. The maximum absolute atomic E-state index is 5.84. The van der Waals surface area contributed by atoms with Crippen LogP contribution >= 0.6 is 27.7 Å². The van der Waals surface area contributed by atoms with Crippen LogP contribution in [0.4, 0.5) is 0 Å². The number of halogens is 1. The number of para-hydroxylation sites is 1. The SMILES string of the molecule is COc1ccc(Sc2oc3ccccc3c2Br)cc1. The van der Waals surface area contributed by atoms with E-state index in [1.807, 2.05) is 48.5 Å². The highest BCUT2D eigenvalue weighted by Crippen LogP contribution is 2.40. The molecule has 2 nitrogen and oxygen atoms in total. The third-order valence-corrected chi connectivity index (χ3v) is 4.81. The Morgan fingerprint density at radius 1 is 1.05 bits per heavy atom. The van der Waals surface area contributed by atoms with Crippen LogP contribution in [0.3, 0.4) is 0 Å². The number of fused-ring (bicyclic) bond motifs is 1. The molecule has 0 bridgehead atoms. The summed E-state index contributed by atoms with van der Waals surface area (Å²) in [5, 5.41) is 1.96. The Balaban J connectivity index is 1.94. The molecule has 0 radical (unpaired) electrons. The van der Waals surface area contributed by atoms with Gasteiger partial charge in [0, 0.05) is 10.3 Å². The van der Waals surface area contributed by atoms with Crippen molar-refractivity contribution in [3.05, 3.63) is 53.0 Å². The number of rotatable bonds is 3. The molecule has 19 heavy (non-hydrogen) atoms. The van der Waals surface area contributed by atoms with Crippen LogP contribution in [0.2, 0.25) is 0 Å². The van der Waals surface area contributed by atoms with Crippen molar-refractivity contribution in [2.24, 2.45) is 0 Å². The Kier molecular flexibility index (Phi) is 3.53. The van der Waals surface area contributed by atoms with Crippen LogP contribution in [0, 0.1) is 0 Å². The van der Waals surface area contributed by atoms with Gasteiger partial charge in [-0.1, -0.05) is 23.9 Å². The van der Waals surface area contributed by atoms with Gasteiger partial charge in [0.05, 0.1) is 11.6 Å². The first-order valence-electron chi connectivity index (χ1n) is 5.77. The van der Waals surface area contributed by atoms with E-state index < -0.39 is 0 Å². The zero-order valence-corrected chi connectivity index (χ0v) is 12.6. The minimum Gasteiger partial charge on any atom is -0.497 e. The average molecular weight is 335 g/mol. The van der Waals surface area contributed by atoms with Crippen LogP contribution in [-0.4, -0.2) is 7.11 Å². The molecule has 96 valence electrons. The monoisotopic (exact) mass is 334 g/mol. The Morgan fingerprint density at radius 3 is 2.47 bits per heavy atom. The predicted octanol–water partition coefficient (Wildman–Crippen LogP) is 5.36. The number of hydrogen-bond donors (Lipinski definition) is 0. The van der Waals surface area contributed by atoms with Gasteiger partial charge < -0.3 is 9.15 Å². The van der Waals surface area contributed by atoms with Crippen molar-refractivity contribution in [1.29, 1.82) is 0 Å². The standard InChI is InChI=1S/C15H11BrO2S/c1-17-10-6-8-11(9-7-10)19-15-14(16)12-4-2-3-5-13(12)18-15/h2-9H,1H3. The lowest BCUT2D eigenvalue weighted by molar-refractivity contribution is 0.414. The van der Waals surface area contributed by atoms with Gasteiger partial charge in [-0.15, -0.1) is 0 Å². The lowest BCUT2D eigenvalue weighted by Gasteiger charge is -2.01. The van der Waals surface area contributed by atoms with Crippen molar-refractivity contribution in [2.45, 2.75) is 9.99 Å². The van der Waals surface area contributed by atoms with Crippen molar-refractivity contribution in [3.63, 3.8) is 0 Å². The van der Waals surface area contributed by atoms with Crippen molar-refractivity contribution in [1.82, 2.24) is 0 Å². The summed E-state index contributed by atoms with van der Waals surface area (Å²) >= 11 is 5.19. The Bertz CT molecular complexity index is 704. The number of furan rings is 1. The van der Waals surface area contributed by atoms with E-state index in [2.05, 4.69) is 15.9 Å². The van der Waals surface area contributed by atoms with Crippen molar-refractivity contribution in [3.8, 4) is 5.75 Å². The van der Waals surface area contributed by atoms with Crippen LogP contribution in [-0.2, 0) is 0 Å². The first-order valence-corrected chi connectivity index (χ1v) is 7.38. The highest BCUT2D eigenvalue weighted by Gasteiger charge is 2.12. The van der Waals surface area contributed by atoms with E-state index in [4.69, 9.17) is 9.15 Å². The normalized spacial score (nSPS) is 10.8. The molecule has 0 saturated heterocycles. The van der Waals surface area contributed by atoms with E-state index in [9.17, 15) is 0 Å². The molecule has 4 heteroatoms. The molecule has 3 aromatic rings. The van der Waals surface area contributed by atoms with Gasteiger partial charge in [0.1, 0.15) is 11.3 Å². The van der Waals surface area contributed by atoms with Gasteiger partial charge in [-0.3, -0.25) is 0 Å². The molecule has 0 aliphatic heterocycles. The minimum atomic E-state index is 0.855. The van der Waals surface area contributed by atoms with Crippen molar-refractivity contribution in [2.75, 3.05) is 7.11 Å². The highest BCUT2D eigenvalue weighted by molar-refractivity contribution is 9.10. The molecular weight excluding hydrogens is 324 g/mol. The van der Waals surface area contributed by atoms with Crippen LogP contribution < -0.4 is 4.74 Å². The van der Waals surface area contributed by atoms with Gasteiger partial charge in [-0.2, -0.15) is 0 Å². The van der Waals surface area contributed by atoms with E-state index in [0.717, 1.165) is 31.2 Å². The Hall–Kier alpha value is -1.39. The Labute approximate surface area is 123 Å². The Morgan fingerprint density at radius 2 is 1.79 bits per heavy atom. The smallest absolute Gasteiger partial charge is 0.180 e. The fourth-order valence-electron chi connectivity index (χ4n) is 1.81. The molecule has 1 heterocycles. The van der Waals surface area contributed by atoms with Gasteiger partial charge in [0.2, 0.25) is 0 Å². The lowest BCUT2D eigenvalue weighted by Crippen LogP contribution is -1.81. The number of ether oxygens (including phenoxy) is 1. The van der Waals surface area contributed by atoms with E-state index in [1.54, 1.807) is 18.9 Å². The first kappa shape index (κ1) is 12.6. The van der Waals surface area contributed by atoms with E-state index >= 15 is 0 Å². The average Bonchev–Trinajstić information content (AvgIpc) is 2.77. The van der Waals surface area contributed by atoms with Crippen LogP contribution in [0.15, 0.2) is 67.4 Å². The zero-order chi connectivity index (χ0) is 13.2. The van der Waals surface area contributed by atoms with Crippen molar-refractivity contribution < 1.29 is 9.15 Å². The maximum atomic E-state index is 5.84. The first-order chi connectivity index (χ1) is 9.28. The molecule has 0 amide bonds. The minimum absolute atomic E-state index is 0.855. The zero-order valence-electron chi connectivity index (χ0n) is 10.2. The van der Waals surface area contributed by atoms with E-state index in [-0.39, 0.29) is 0 Å². The molecule has 1 aromatic heterocycles. The molecule has 0 fully saturated rings. The van der Waals surface area contributed by atoms with E-state index in [0.29, 0.717) is 0 Å². The molecule has 0 spiro atoms. The van der Waals surface area contributed by atoms with Crippen molar-refractivity contribution >= 4 is 38.7 Å². The second kappa shape index (κ2) is 5.31. The molecule has 2 aromatic carbocycles. The molecular formula is C15H11BrO2S. The number of hydrogen-bond acceptors (Lipinski definition) is 3. The summed E-state index contributed by atoms with van der Waals surface area (Å²) in [5.74, 6) is 0.855. The van der Waals surface area contributed by atoms with Gasteiger partial charge in [0.25, 0.3) is 0 Å². The summed E-state index contributed by atoms with van der Waals surface area (Å²) in [6.45, 7) is 0. The summed E-state index contributed by atoms with van der Waals surface area (Å²) in [5.41, 5.74) is 0.894. The lowest BCUT2D eigenvalue weighted by atomic mass is 10.3. The summed E-state index contributed by atoms with van der Waals surface area (Å²) in [6, 6.07) is 15.9. The quantitative estimate of drug-likeness (QED) is 0.644. The summed E-state index contributed by atoms with van der Waals surface area (Å²) in [4.78, 5) is 1.11. The van der Waals surface area contributed by atoms with E-state index in [1.165, 1.54) is 0 Å². The number of methoxy groups -OCH3 is 1. The van der Waals surface area contributed by atoms with Gasteiger partial charge in [-0.05, 0) is 52.3 Å². The highest BCUT2D eigenvalue weighted by atomic mass is 79.9. The molecule has 0 saturated carbocycles. The number of benzene rings is 2. The summed E-state index contributed by atoms with van der Waals surface area (Å²) < 4.78 is 12.0.